The van der Waals surface area contributed by atoms with Crippen LogP contribution >= 0.6 is 15.9 Å². The van der Waals surface area contributed by atoms with E-state index in [2.05, 4.69) is 15.9 Å². The van der Waals surface area contributed by atoms with Gasteiger partial charge >= 0.3 is 5.97 Å². The number of sulfonamides is 1. The van der Waals surface area contributed by atoms with Gasteiger partial charge in [-0.15, -0.1) is 0 Å². The highest BCUT2D eigenvalue weighted by Crippen LogP contribution is 2.22. The third kappa shape index (κ3) is 3.79. The number of hydrogen-bond acceptors (Lipinski definition) is 4. The van der Waals surface area contributed by atoms with E-state index < -0.39 is 16.0 Å². The summed E-state index contributed by atoms with van der Waals surface area (Å²) in [5.41, 5.74) is 0.155. The summed E-state index contributed by atoms with van der Waals surface area (Å²) in [6.07, 6.45) is 0.462. The highest BCUT2D eigenvalue weighted by molar-refractivity contribution is 9.10. The van der Waals surface area contributed by atoms with Gasteiger partial charge < -0.3 is 4.74 Å². The van der Waals surface area contributed by atoms with Crippen LogP contribution in [0.25, 0.3) is 0 Å². The molecule has 0 spiro atoms. The minimum atomic E-state index is -3.88. The molecule has 1 atom stereocenters. The maximum atomic E-state index is 11.7. The zero-order valence-corrected chi connectivity index (χ0v) is 12.4. The number of benzene rings is 1. The number of rotatable bonds is 4. The van der Waals surface area contributed by atoms with E-state index in [0.29, 0.717) is 10.9 Å². The minimum Gasteiger partial charge on any atom is -0.459 e. The van der Waals surface area contributed by atoms with Gasteiger partial charge in [0.15, 0.2) is 0 Å². The third-order valence-corrected chi connectivity index (χ3v) is 4.26. The number of nitrogens with two attached hydrogens (primary N) is 1. The summed E-state index contributed by atoms with van der Waals surface area (Å²) in [7, 11) is -3.88. The molecule has 0 amide bonds. The molecule has 100 valence electrons. The Morgan fingerprint density at radius 2 is 2.11 bits per heavy atom. The molecule has 1 unspecified atom stereocenters. The molecule has 0 aliphatic carbocycles. The lowest BCUT2D eigenvalue weighted by Gasteiger charge is -2.11. The van der Waals surface area contributed by atoms with E-state index in [9.17, 15) is 13.2 Å². The predicted molar refractivity (Wildman–Crippen MR) is 70.7 cm³/mol. The van der Waals surface area contributed by atoms with Crippen LogP contribution in [0.15, 0.2) is 27.6 Å². The topological polar surface area (TPSA) is 86.5 Å². The maximum absolute atomic E-state index is 11.7. The van der Waals surface area contributed by atoms with E-state index in [1.165, 1.54) is 18.2 Å². The standard InChI is InChI=1S/C11H14BrNO4S/c1-3-7(2)17-11(14)8-4-5-9(12)10(6-8)18(13,15)16/h4-7H,3H2,1-2H3,(H2,13,15,16). The minimum absolute atomic E-state index is 0.138. The van der Waals surface area contributed by atoms with Crippen LogP contribution in [0, 0.1) is 0 Å². The largest absolute Gasteiger partial charge is 0.459 e. The number of esters is 1. The normalized spacial score (nSPS) is 13.1. The van der Waals surface area contributed by atoms with Crippen molar-refractivity contribution in [1.82, 2.24) is 0 Å². The fourth-order valence-corrected chi connectivity index (χ4v) is 2.74. The molecule has 1 aromatic carbocycles. The number of halogens is 1. The van der Waals surface area contributed by atoms with E-state index in [1.807, 2.05) is 6.92 Å². The van der Waals surface area contributed by atoms with Gasteiger partial charge in [0.05, 0.1) is 16.6 Å². The monoisotopic (exact) mass is 335 g/mol. The van der Waals surface area contributed by atoms with Crippen LogP contribution in [0.5, 0.6) is 0 Å². The number of primary sulfonamides is 1. The first-order chi connectivity index (χ1) is 8.25. The van der Waals surface area contributed by atoms with Crippen LogP contribution < -0.4 is 5.14 Å². The SMILES string of the molecule is CCC(C)OC(=O)c1ccc(Br)c(S(N)(=O)=O)c1. The van der Waals surface area contributed by atoms with Gasteiger partial charge in [-0.05, 0) is 47.5 Å². The van der Waals surface area contributed by atoms with E-state index in [1.54, 1.807) is 6.92 Å². The van der Waals surface area contributed by atoms with Crippen LogP contribution in [-0.4, -0.2) is 20.5 Å². The number of ether oxygens (including phenoxy) is 1. The number of carbonyl (C=O) groups is 1. The molecule has 1 aromatic rings. The molecular weight excluding hydrogens is 322 g/mol. The Morgan fingerprint density at radius 1 is 1.50 bits per heavy atom. The van der Waals surface area contributed by atoms with Gasteiger partial charge in [-0.3, -0.25) is 0 Å². The zero-order valence-electron chi connectivity index (χ0n) is 10.0. The molecule has 0 saturated carbocycles. The second-order valence-electron chi connectivity index (χ2n) is 3.81. The van der Waals surface area contributed by atoms with Gasteiger partial charge in [0.1, 0.15) is 0 Å². The van der Waals surface area contributed by atoms with Gasteiger partial charge in [0, 0.05) is 4.47 Å². The predicted octanol–water partition coefficient (Wildman–Crippen LogP) is 2.05. The fraction of sp³-hybridized carbons (Fsp3) is 0.364. The van der Waals surface area contributed by atoms with Gasteiger partial charge in [0.25, 0.3) is 0 Å². The molecule has 1 rings (SSSR count). The van der Waals surface area contributed by atoms with Gasteiger partial charge in [-0.25, -0.2) is 18.4 Å². The fourth-order valence-electron chi connectivity index (χ4n) is 1.18. The Kier molecular flexibility index (Phi) is 4.89. The van der Waals surface area contributed by atoms with Gasteiger partial charge in [-0.1, -0.05) is 6.92 Å². The van der Waals surface area contributed by atoms with Crippen LogP contribution in [0.2, 0.25) is 0 Å². The molecule has 0 radical (unpaired) electrons. The smallest absolute Gasteiger partial charge is 0.338 e. The van der Waals surface area contributed by atoms with Crippen molar-refractivity contribution in [1.29, 1.82) is 0 Å². The van der Waals surface area contributed by atoms with Crippen molar-refractivity contribution in [2.75, 3.05) is 0 Å². The summed E-state index contributed by atoms with van der Waals surface area (Å²) in [6.45, 7) is 3.65. The van der Waals surface area contributed by atoms with Crippen molar-refractivity contribution in [3.05, 3.63) is 28.2 Å². The Bertz CT molecular complexity index is 556. The molecule has 7 heteroatoms. The molecule has 0 aromatic heterocycles. The second kappa shape index (κ2) is 5.81. The Balaban J connectivity index is 3.10. The molecule has 0 heterocycles. The van der Waals surface area contributed by atoms with Crippen molar-refractivity contribution in [3.63, 3.8) is 0 Å². The highest BCUT2D eigenvalue weighted by Gasteiger charge is 2.17. The van der Waals surface area contributed by atoms with Crippen molar-refractivity contribution in [2.45, 2.75) is 31.3 Å². The molecule has 0 fully saturated rings. The average Bonchev–Trinajstić information content (AvgIpc) is 2.27. The summed E-state index contributed by atoms with van der Waals surface area (Å²) < 4.78 is 28.0. The van der Waals surface area contributed by atoms with Crippen molar-refractivity contribution >= 4 is 31.9 Å². The summed E-state index contributed by atoms with van der Waals surface area (Å²) in [6, 6.07) is 4.13. The number of carbonyl (C=O) groups excluding carboxylic acids is 1. The van der Waals surface area contributed by atoms with Gasteiger partial charge in [-0.2, -0.15) is 0 Å². The van der Waals surface area contributed by atoms with Crippen molar-refractivity contribution < 1.29 is 17.9 Å². The van der Waals surface area contributed by atoms with E-state index in [-0.39, 0.29) is 16.6 Å². The lowest BCUT2D eigenvalue weighted by atomic mass is 10.2. The van der Waals surface area contributed by atoms with E-state index >= 15 is 0 Å². The van der Waals surface area contributed by atoms with Crippen LogP contribution in [-0.2, 0) is 14.8 Å². The number of hydrogen-bond donors (Lipinski definition) is 1. The second-order valence-corrected chi connectivity index (χ2v) is 6.20. The maximum Gasteiger partial charge on any atom is 0.338 e. The first kappa shape index (κ1) is 15.1. The molecule has 0 bridgehead atoms. The Hall–Kier alpha value is -0.920. The lowest BCUT2D eigenvalue weighted by molar-refractivity contribution is 0.0334. The summed E-state index contributed by atoms with van der Waals surface area (Å²) in [5, 5.41) is 5.04. The first-order valence-corrected chi connectivity index (χ1v) is 7.63. The van der Waals surface area contributed by atoms with Crippen LogP contribution in [0.1, 0.15) is 30.6 Å². The summed E-state index contributed by atoms with van der Waals surface area (Å²) in [5.74, 6) is -0.568. The van der Waals surface area contributed by atoms with E-state index in [0.717, 1.165) is 0 Å². The van der Waals surface area contributed by atoms with Gasteiger partial charge in [0.2, 0.25) is 10.0 Å². The average molecular weight is 336 g/mol. The molecule has 0 aliphatic heterocycles. The van der Waals surface area contributed by atoms with E-state index in [4.69, 9.17) is 9.88 Å². The zero-order chi connectivity index (χ0) is 13.9. The van der Waals surface area contributed by atoms with Crippen LogP contribution in [0.4, 0.5) is 0 Å². The van der Waals surface area contributed by atoms with Crippen LogP contribution in [0.3, 0.4) is 0 Å². The van der Waals surface area contributed by atoms with Crippen molar-refractivity contribution in [3.8, 4) is 0 Å². The molecule has 0 aliphatic rings. The summed E-state index contributed by atoms with van der Waals surface area (Å²) >= 11 is 3.07. The van der Waals surface area contributed by atoms with Crippen molar-refractivity contribution in [2.24, 2.45) is 5.14 Å². The molecule has 2 N–H and O–H groups in total. The first-order valence-electron chi connectivity index (χ1n) is 5.29. The molecule has 0 saturated heterocycles. The highest BCUT2D eigenvalue weighted by atomic mass is 79.9. The lowest BCUT2D eigenvalue weighted by Crippen LogP contribution is -2.16. The molecular formula is C11H14BrNO4S. The molecule has 5 nitrogen and oxygen atoms in total. The Morgan fingerprint density at radius 3 is 2.61 bits per heavy atom. The molecule has 18 heavy (non-hydrogen) atoms. The third-order valence-electron chi connectivity index (χ3n) is 2.36. The quantitative estimate of drug-likeness (QED) is 0.853. The Labute approximate surface area is 114 Å². The summed E-state index contributed by atoms with van der Waals surface area (Å²) in [4.78, 5) is 11.6.